The number of hydrogen-bond donors (Lipinski definition) is 2. The van der Waals surface area contributed by atoms with E-state index in [9.17, 15) is 0 Å². The van der Waals surface area contributed by atoms with Gasteiger partial charge in [0.2, 0.25) is 0 Å². The lowest BCUT2D eigenvalue weighted by molar-refractivity contribution is 0.890. The maximum absolute atomic E-state index is 6.02. The molecule has 0 amide bonds. The van der Waals surface area contributed by atoms with Gasteiger partial charge in [0.15, 0.2) is 0 Å². The van der Waals surface area contributed by atoms with Gasteiger partial charge in [-0.25, -0.2) is 4.98 Å². The molecule has 0 fully saturated rings. The van der Waals surface area contributed by atoms with E-state index in [1.54, 1.807) is 11.3 Å². The van der Waals surface area contributed by atoms with E-state index < -0.39 is 0 Å². The molecule has 0 bridgehead atoms. The number of nitrogen functional groups attached to an aromatic ring is 1. The van der Waals surface area contributed by atoms with Crippen molar-refractivity contribution in [3.05, 3.63) is 46.3 Å². The van der Waals surface area contributed by atoms with E-state index in [0.29, 0.717) is 5.82 Å². The van der Waals surface area contributed by atoms with Crippen molar-refractivity contribution in [1.82, 2.24) is 9.36 Å². The molecule has 3 rings (SSSR count). The number of aromatic nitrogens is 2. The Bertz CT molecular complexity index is 733. The Morgan fingerprint density at radius 1 is 1.24 bits per heavy atom. The maximum Gasteiger partial charge on any atom is 0.148 e. The lowest BCUT2D eigenvalue weighted by atomic mass is 10.1. The molecule has 21 heavy (non-hydrogen) atoms. The van der Waals surface area contributed by atoms with Crippen LogP contribution in [-0.4, -0.2) is 9.36 Å². The molecule has 6 heteroatoms. The molecule has 1 aromatic carbocycles. The third kappa shape index (κ3) is 2.91. The highest BCUT2D eigenvalue weighted by atomic mass is 32.1. The summed E-state index contributed by atoms with van der Waals surface area (Å²) in [6.45, 7) is 4.12. The number of hydrogen-bond acceptors (Lipinski definition) is 6. The van der Waals surface area contributed by atoms with Crippen LogP contribution < -0.4 is 11.1 Å². The Morgan fingerprint density at radius 2 is 2.00 bits per heavy atom. The van der Waals surface area contributed by atoms with E-state index in [2.05, 4.69) is 33.7 Å². The second-order valence-corrected chi connectivity index (χ2v) is 6.64. The highest BCUT2D eigenvalue weighted by molar-refractivity contribution is 7.11. The van der Waals surface area contributed by atoms with Crippen molar-refractivity contribution in [2.45, 2.75) is 19.9 Å². The molecular formula is C15H16N4S2. The van der Waals surface area contributed by atoms with Crippen LogP contribution in [0, 0.1) is 6.92 Å². The van der Waals surface area contributed by atoms with Gasteiger partial charge in [-0.3, -0.25) is 0 Å². The largest absolute Gasteiger partial charge is 0.382 e. The molecular weight excluding hydrogens is 300 g/mol. The van der Waals surface area contributed by atoms with Crippen LogP contribution in [0.4, 0.5) is 10.8 Å². The molecule has 0 aliphatic heterocycles. The van der Waals surface area contributed by atoms with Crippen LogP contribution in [0.25, 0.3) is 11.3 Å². The predicted octanol–water partition coefficient (Wildman–Crippen LogP) is 4.33. The lowest BCUT2D eigenvalue weighted by Gasteiger charge is -2.14. The van der Waals surface area contributed by atoms with Crippen LogP contribution in [0.5, 0.6) is 0 Å². The number of rotatable bonds is 4. The fraction of sp³-hybridized carbons (Fsp3) is 0.200. The monoisotopic (exact) mass is 316 g/mol. The van der Waals surface area contributed by atoms with Crippen molar-refractivity contribution in [3.63, 3.8) is 0 Å². The first-order chi connectivity index (χ1) is 10.1. The number of nitrogens with one attached hydrogen (secondary N) is 1. The number of nitrogens with two attached hydrogens (primary N) is 1. The molecule has 4 nitrogen and oxygen atoms in total. The first kappa shape index (κ1) is 14.0. The normalized spacial score (nSPS) is 12.3. The molecule has 3 N–H and O–H groups in total. The van der Waals surface area contributed by atoms with Crippen LogP contribution in [0.3, 0.4) is 0 Å². The summed E-state index contributed by atoms with van der Waals surface area (Å²) in [6.07, 6.45) is 0. The van der Waals surface area contributed by atoms with Gasteiger partial charge in [0.05, 0.1) is 16.3 Å². The molecule has 1 atom stereocenters. The first-order valence-electron chi connectivity index (χ1n) is 6.64. The van der Waals surface area contributed by atoms with Crippen LogP contribution in [-0.2, 0) is 0 Å². The highest BCUT2D eigenvalue weighted by Crippen LogP contribution is 2.38. The summed E-state index contributed by atoms with van der Waals surface area (Å²) >= 11 is 3.00. The molecule has 0 radical (unpaired) electrons. The quantitative estimate of drug-likeness (QED) is 0.752. The number of thiazole rings is 1. The molecule has 3 aromatic rings. The lowest BCUT2D eigenvalue weighted by Crippen LogP contribution is -2.06. The average Bonchev–Trinajstić information content (AvgIpc) is 3.06. The topological polar surface area (TPSA) is 63.8 Å². The molecule has 108 valence electrons. The zero-order valence-electron chi connectivity index (χ0n) is 11.8. The van der Waals surface area contributed by atoms with Crippen molar-refractivity contribution in [2.75, 3.05) is 11.1 Å². The minimum absolute atomic E-state index is 0.185. The van der Waals surface area contributed by atoms with E-state index in [-0.39, 0.29) is 6.04 Å². The maximum atomic E-state index is 6.02. The van der Waals surface area contributed by atoms with Crippen LogP contribution in [0.2, 0.25) is 0 Å². The molecule has 1 unspecified atom stereocenters. The summed E-state index contributed by atoms with van der Waals surface area (Å²) < 4.78 is 4.27. The van der Waals surface area contributed by atoms with Gasteiger partial charge >= 0.3 is 0 Å². The van der Waals surface area contributed by atoms with Gasteiger partial charge in [-0.15, -0.1) is 11.3 Å². The van der Waals surface area contributed by atoms with E-state index in [0.717, 1.165) is 21.3 Å². The summed E-state index contributed by atoms with van der Waals surface area (Å²) in [5.74, 6) is 0.535. The Kier molecular flexibility index (Phi) is 3.90. The fourth-order valence-corrected chi connectivity index (χ4v) is 3.56. The summed E-state index contributed by atoms with van der Waals surface area (Å²) in [5, 5.41) is 7.51. The Labute approximate surface area is 131 Å². The number of nitrogens with zero attached hydrogens (tertiary/aromatic N) is 2. The molecule has 2 heterocycles. The van der Waals surface area contributed by atoms with E-state index in [1.807, 2.05) is 30.5 Å². The molecule has 0 saturated carbocycles. The van der Waals surface area contributed by atoms with Crippen molar-refractivity contribution in [2.24, 2.45) is 0 Å². The standard InChI is InChI=1S/C15H16N4S2/c1-9(11-6-4-3-5-7-11)17-15-13(14(16)19-21-15)12-8-20-10(2)18-12/h3-9,17H,1-2H3,(H2,16,19). The van der Waals surface area contributed by atoms with Crippen molar-refractivity contribution in [1.29, 1.82) is 0 Å². The van der Waals surface area contributed by atoms with Gasteiger partial charge in [0.1, 0.15) is 10.8 Å². The van der Waals surface area contributed by atoms with Crippen molar-refractivity contribution < 1.29 is 0 Å². The molecule has 0 aliphatic carbocycles. The second kappa shape index (κ2) is 5.83. The summed E-state index contributed by atoms with van der Waals surface area (Å²) in [4.78, 5) is 4.52. The Balaban J connectivity index is 1.90. The van der Waals surface area contributed by atoms with Crippen molar-refractivity contribution >= 4 is 33.7 Å². The van der Waals surface area contributed by atoms with Crippen LogP contribution in [0.1, 0.15) is 23.5 Å². The third-order valence-electron chi connectivity index (χ3n) is 3.24. The molecule has 0 saturated heterocycles. The van der Waals surface area contributed by atoms with Gasteiger partial charge < -0.3 is 11.1 Å². The first-order valence-corrected chi connectivity index (χ1v) is 8.29. The highest BCUT2D eigenvalue weighted by Gasteiger charge is 2.18. The minimum atomic E-state index is 0.185. The summed E-state index contributed by atoms with van der Waals surface area (Å²) in [5.41, 5.74) is 9.05. The van der Waals surface area contributed by atoms with Gasteiger partial charge in [0, 0.05) is 11.4 Å². The van der Waals surface area contributed by atoms with E-state index in [4.69, 9.17) is 5.73 Å². The zero-order valence-corrected chi connectivity index (χ0v) is 13.5. The SMILES string of the molecule is Cc1nc(-c2c(N)nsc2NC(C)c2ccccc2)cs1. The number of benzene rings is 1. The van der Waals surface area contributed by atoms with E-state index in [1.165, 1.54) is 17.1 Å². The third-order valence-corrected chi connectivity index (χ3v) is 4.81. The summed E-state index contributed by atoms with van der Waals surface area (Å²) in [7, 11) is 0. The Morgan fingerprint density at radius 3 is 2.67 bits per heavy atom. The van der Waals surface area contributed by atoms with Gasteiger partial charge in [-0.05, 0) is 30.9 Å². The van der Waals surface area contributed by atoms with Crippen molar-refractivity contribution in [3.8, 4) is 11.3 Å². The van der Waals surface area contributed by atoms with Gasteiger partial charge in [0.25, 0.3) is 0 Å². The van der Waals surface area contributed by atoms with Gasteiger partial charge in [-0.2, -0.15) is 4.37 Å². The van der Waals surface area contributed by atoms with E-state index >= 15 is 0 Å². The number of anilines is 2. The van der Waals surface area contributed by atoms with Crippen LogP contribution >= 0.6 is 22.9 Å². The average molecular weight is 316 g/mol. The molecule has 0 aliphatic rings. The van der Waals surface area contributed by atoms with Crippen LogP contribution in [0.15, 0.2) is 35.7 Å². The molecule has 2 aromatic heterocycles. The Hall–Kier alpha value is -1.92. The fourth-order valence-electron chi connectivity index (χ4n) is 2.15. The van der Waals surface area contributed by atoms with Gasteiger partial charge in [-0.1, -0.05) is 30.3 Å². The minimum Gasteiger partial charge on any atom is -0.382 e. The second-order valence-electron chi connectivity index (χ2n) is 4.80. The molecule has 0 spiro atoms. The number of aryl methyl sites for hydroxylation is 1. The predicted molar refractivity (Wildman–Crippen MR) is 90.9 cm³/mol. The smallest absolute Gasteiger partial charge is 0.148 e. The zero-order chi connectivity index (χ0) is 14.8. The summed E-state index contributed by atoms with van der Waals surface area (Å²) in [6, 6.07) is 10.5.